The Bertz CT molecular complexity index is 611. The van der Waals surface area contributed by atoms with Gasteiger partial charge in [0.15, 0.2) is 11.6 Å². The van der Waals surface area contributed by atoms with Gasteiger partial charge in [0, 0.05) is 31.6 Å². The Morgan fingerprint density at radius 1 is 1.04 bits per heavy atom. The van der Waals surface area contributed by atoms with Crippen LogP contribution in [0.15, 0.2) is 12.1 Å². The highest BCUT2D eigenvalue weighted by atomic mass is 19.2. The van der Waals surface area contributed by atoms with Gasteiger partial charge in [-0.15, -0.1) is 0 Å². The zero-order chi connectivity index (χ0) is 17.3. The number of piperidine rings is 1. The van der Waals surface area contributed by atoms with Crippen LogP contribution in [0, 0.1) is 29.3 Å². The van der Waals surface area contributed by atoms with Gasteiger partial charge in [0.1, 0.15) is 5.82 Å². The number of halogens is 3. The van der Waals surface area contributed by atoms with E-state index in [1.54, 1.807) is 0 Å². The molecule has 0 bridgehead atoms. The number of hydrogen-bond acceptors (Lipinski definition) is 2. The first-order chi connectivity index (χ1) is 11.4. The number of amides is 1. The average Bonchev–Trinajstić information content (AvgIpc) is 3.37. The van der Waals surface area contributed by atoms with Crippen LogP contribution in [0.1, 0.15) is 37.7 Å². The first kappa shape index (κ1) is 17.3. The van der Waals surface area contributed by atoms with Crippen molar-refractivity contribution in [3.63, 3.8) is 0 Å². The van der Waals surface area contributed by atoms with Gasteiger partial charge in [-0.25, -0.2) is 13.2 Å². The van der Waals surface area contributed by atoms with Gasteiger partial charge in [-0.1, -0.05) is 0 Å². The molecule has 6 heteroatoms. The second-order valence-corrected chi connectivity index (χ2v) is 7.08. The second kappa shape index (κ2) is 7.13. The summed E-state index contributed by atoms with van der Waals surface area (Å²) in [5.41, 5.74) is 5.93. The molecule has 0 aromatic heterocycles. The van der Waals surface area contributed by atoms with Crippen molar-refractivity contribution in [3.8, 4) is 0 Å². The number of nitrogens with two attached hydrogens (primary N) is 1. The van der Waals surface area contributed by atoms with Crippen LogP contribution in [-0.2, 0) is 11.2 Å². The number of hydrogen-bond donors (Lipinski definition) is 1. The van der Waals surface area contributed by atoms with E-state index < -0.39 is 23.5 Å². The molecule has 2 fully saturated rings. The maximum atomic E-state index is 13.6. The van der Waals surface area contributed by atoms with Crippen LogP contribution in [0.3, 0.4) is 0 Å². The fourth-order valence-corrected chi connectivity index (χ4v) is 3.62. The number of carbonyl (C=O) groups excluding carboxylic acids is 1. The monoisotopic (exact) mass is 340 g/mol. The molecule has 1 aromatic rings. The minimum Gasteiger partial charge on any atom is -0.343 e. The zero-order valence-corrected chi connectivity index (χ0v) is 13.6. The molecule has 0 radical (unpaired) electrons. The van der Waals surface area contributed by atoms with Crippen molar-refractivity contribution in [2.45, 2.75) is 44.6 Å². The Kier molecular flexibility index (Phi) is 5.13. The third-order valence-corrected chi connectivity index (χ3v) is 5.19. The maximum absolute atomic E-state index is 13.6. The van der Waals surface area contributed by atoms with Crippen molar-refractivity contribution in [1.29, 1.82) is 0 Å². The molecule has 1 aliphatic heterocycles. The lowest BCUT2D eigenvalue weighted by molar-refractivity contribution is -0.133. The number of benzene rings is 1. The molecule has 1 atom stereocenters. The molecule has 1 amide bonds. The molecule has 24 heavy (non-hydrogen) atoms. The first-order valence-corrected chi connectivity index (χ1v) is 8.61. The summed E-state index contributed by atoms with van der Waals surface area (Å²) < 4.78 is 39.8. The summed E-state index contributed by atoms with van der Waals surface area (Å²) in [7, 11) is 0. The summed E-state index contributed by atoms with van der Waals surface area (Å²) in [6.07, 6.45) is 4.83. The van der Waals surface area contributed by atoms with Gasteiger partial charge in [-0.05, 0) is 55.6 Å². The standard InChI is InChI=1S/C18H23F3N2O/c19-15-10-17(21)16(20)8-13(15)7-14(22)9-18(24)23-5-3-12(4-6-23)11-1-2-11/h8,10-12,14H,1-7,9,22H2/t14-/m1/s1. The van der Waals surface area contributed by atoms with E-state index >= 15 is 0 Å². The lowest BCUT2D eigenvalue weighted by Gasteiger charge is -2.32. The highest BCUT2D eigenvalue weighted by Gasteiger charge is 2.34. The molecular formula is C18H23F3N2O. The molecular weight excluding hydrogens is 317 g/mol. The van der Waals surface area contributed by atoms with Crippen LogP contribution >= 0.6 is 0 Å². The van der Waals surface area contributed by atoms with Gasteiger partial charge in [-0.3, -0.25) is 4.79 Å². The van der Waals surface area contributed by atoms with E-state index in [4.69, 9.17) is 5.73 Å². The van der Waals surface area contributed by atoms with Crippen molar-refractivity contribution < 1.29 is 18.0 Å². The Labute approximate surface area is 140 Å². The number of likely N-dealkylation sites (tertiary alicyclic amines) is 1. The van der Waals surface area contributed by atoms with E-state index in [1.807, 2.05) is 4.90 Å². The topological polar surface area (TPSA) is 46.3 Å². The van der Waals surface area contributed by atoms with Crippen LogP contribution in [0.25, 0.3) is 0 Å². The number of carbonyl (C=O) groups is 1. The molecule has 3 rings (SSSR count). The van der Waals surface area contributed by atoms with Gasteiger partial charge < -0.3 is 10.6 Å². The summed E-state index contributed by atoms with van der Waals surface area (Å²) in [6, 6.07) is 0.718. The lowest BCUT2D eigenvalue weighted by atomic mass is 9.92. The fourth-order valence-electron chi connectivity index (χ4n) is 3.62. The van der Waals surface area contributed by atoms with Crippen molar-refractivity contribution in [1.82, 2.24) is 4.90 Å². The van der Waals surface area contributed by atoms with E-state index in [-0.39, 0.29) is 24.3 Å². The molecule has 1 saturated heterocycles. The quantitative estimate of drug-likeness (QED) is 0.838. The Morgan fingerprint density at radius 2 is 1.62 bits per heavy atom. The van der Waals surface area contributed by atoms with E-state index in [2.05, 4.69) is 0 Å². The maximum Gasteiger partial charge on any atom is 0.224 e. The minimum absolute atomic E-state index is 0.00152. The molecule has 1 saturated carbocycles. The highest BCUT2D eigenvalue weighted by Crippen LogP contribution is 2.41. The Morgan fingerprint density at radius 3 is 2.25 bits per heavy atom. The largest absolute Gasteiger partial charge is 0.343 e. The summed E-state index contributed by atoms with van der Waals surface area (Å²) in [4.78, 5) is 14.1. The highest BCUT2D eigenvalue weighted by molar-refractivity contribution is 5.77. The molecule has 1 heterocycles. The molecule has 132 valence electrons. The minimum atomic E-state index is -1.22. The molecule has 2 N–H and O–H groups in total. The SMILES string of the molecule is N[C@@H](CC(=O)N1CCC(C2CC2)CC1)Cc1cc(F)c(F)cc1F. The summed E-state index contributed by atoms with van der Waals surface area (Å²) in [5, 5.41) is 0. The van der Waals surface area contributed by atoms with E-state index in [0.29, 0.717) is 6.07 Å². The average molecular weight is 340 g/mol. The third-order valence-electron chi connectivity index (χ3n) is 5.19. The van der Waals surface area contributed by atoms with Gasteiger partial charge in [0.2, 0.25) is 5.91 Å². The zero-order valence-electron chi connectivity index (χ0n) is 13.6. The number of rotatable bonds is 5. The molecule has 1 aliphatic carbocycles. The van der Waals surface area contributed by atoms with Crippen LogP contribution in [-0.4, -0.2) is 29.9 Å². The Balaban J connectivity index is 1.50. The van der Waals surface area contributed by atoms with Crippen LogP contribution in [0.4, 0.5) is 13.2 Å². The molecule has 0 unspecified atom stereocenters. The van der Waals surface area contributed by atoms with Crippen LogP contribution < -0.4 is 5.73 Å². The van der Waals surface area contributed by atoms with Crippen molar-refractivity contribution >= 4 is 5.91 Å². The molecule has 3 nitrogen and oxygen atoms in total. The van der Waals surface area contributed by atoms with Gasteiger partial charge in [0.25, 0.3) is 0 Å². The third kappa shape index (κ3) is 4.09. The lowest BCUT2D eigenvalue weighted by Crippen LogP contribution is -2.41. The summed E-state index contributed by atoms with van der Waals surface area (Å²) >= 11 is 0. The van der Waals surface area contributed by atoms with Crippen molar-refractivity contribution in [2.75, 3.05) is 13.1 Å². The molecule has 2 aliphatic rings. The van der Waals surface area contributed by atoms with E-state index in [0.717, 1.165) is 43.8 Å². The van der Waals surface area contributed by atoms with Crippen LogP contribution in [0.2, 0.25) is 0 Å². The summed E-state index contributed by atoms with van der Waals surface area (Å²) in [6.45, 7) is 1.51. The van der Waals surface area contributed by atoms with E-state index in [9.17, 15) is 18.0 Å². The predicted octanol–water partition coefficient (Wildman–Crippen LogP) is 3.01. The van der Waals surface area contributed by atoms with Gasteiger partial charge in [-0.2, -0.15) is 0 Å². The molecule has 0 spiro atoms. The smallest absolute Gasteiger partial charge is 0.224 e. The predicted molar refractivity (Wildman–Crippen MR) is 84.6 cm³/mol. The molecule has 1 aromatic carbocycles. The van der Waals surface area contributed by atoms with Gasteiger partial charge >= 0.3 is 0 Å². The van der Waals surface area contributed by atoms with Crippen molar-refractivity contribution in [3.05, 3.63) is 35.1 Å². The summed E-state index contributed by atoms with van der Waals surface area (Å²) in [5.74, 6) is -1.59. The van der Waals surface area contributed by atoms with Crippen LogP contribution in [0.5, 0.6) is 0 Å². The normalized spacial score (nSPS) is 20.2. The van der Waals surface area contributed by atoms with Gasteiger partial charge in [0.05, 0.1) is 0 Å². The fraction of sp³-hybridized carbons (Fsp3) is 0.611. The van der Waals surface area contributed by atoms with E-state index in [1.165, 1.54) is 12.8 Å². The van der Waals surface area contributed by atoms with Crippen molar-refractivity contribution in [2.24, 2.45) is 17.6 Å². The second-order valence-electron chi connectivity index (χ2n) is 7.08. The number of nitrogens with zero attached hydrogens (tertiary/aromatic N) is 1. The Hall–Kier alpha value is -1.56. The first-order valence-electron chi connectivity index (χ1n) is 8.61.